The summed E-state index contributed by atoms with van der Waals surface area (Å²) in [5.74, 6) is 0. The van der Waals surface area contributed by atoms with Crippen molar-refractivity contribution in [1.29, 1.82) is 0 Å². The number of hydrogen-bond donors (Lipinski definition) is 2. The van der Waals surface area contributed by atoms with Gasteiger partial charge in [-0.3, -0.25) is 0 Å². The lowest BCUT2D eigenvalue weighted by Gasteiger charge is -2.18. The van der Waals surface area contributed by atoms with Gasteiger partial charge in [0.1, 0.15) is 0 Å². The van der Waals surface area contributed by atoms with Gasteiger partial charge in [0.2, 0.25) is 0 Å². The van der Waals surface area contributed by atoms with Crippen LogP contribution in [0.25, 0.3) is 19.5 Å². The highest BCUT2D eigenvalue weighted by Crippen LogP contribution is 2.51. The first-order chi connectivity index (χ1) is 9.43. The van der Waals surface area contributed by atoms with E-state index in [0.29, 0.717) is 0 Å². The summed E-state index contributed by atoms with van der Waals surface area (Å²) in [5.41, 5.74) is 2.56. The van der Waals surface area contributed by atoms with Gasteiger partial charge in [-0.15, -0.1) is 34.0 Å². The zero-order valence-corrected chi connectivity index (χ0v) is 12.6. The lowest BCUT2D eigenvalue weighted by molar-refractivity contribution is 1.05. The minimum Gasteiger partial charge on any atom is -0.380 e. The molecule has 1 aliphatic heterocycles. The molecule has 0 fully saturated rings. The Morgan fingerprint density at radius 3 is 1.74 bits per heavy atom. The number of rotatable bonds is 2. The van der Waals surface area contributed by atoms with Crippen molar-refractivity contribution < 1.29 is 0 Å². The standard InChI is InChI=1S/C14H12N2S3/c1-3-9(17-7-1)13-11-12(16-6-5-15-11)14(19-13)10-4-2-8-18-10/h1-4,7-8,15-16H,5-6H2. The van der Waals surface area contributed by atoms with E-state index in [1.807, 2.05) is 11.3 Å². The van der Waals surface area contributed by atoms with E-state index in [2.05, 4.69) is 45.7 Å². The first-order valence-corrected chi connectivity index (χ1v) is 8.73. The number of thiophene rings is 3. The molecule has 4 heterocycles. The first-order valence-electron chi connectivity index (χ1n) is 6.16. The summed E-state index contributed by atoms with van der Waals surface area (Å²) in [6, 6.07) is 8.64. The highest BCUT2D eigenvalue weighted by molar-refractivity contribution is 7.27. The van der Waals surface area contributed by atoms with Gasteiger partial charge in [0.15, 0.2) is 0 Å². The quantitative estimate of drug-likeness (QED) is 0.693. The van der Waals surface area contributed by atoms with Gasteiger partial charge < -0.3 is 10.6 Å². The molecule has 3 aromatic heterocycles. The van der Waals surface area contributed by atoms with Gasteiger partial charge in [0.05, 0.1) is 21.1 Å². The van der Waals surface area contributed by atoms with Crippen molar-refractivity contribution in [2.75, 3.05) is 23.7 Å². The fourth-order valence-electron chi connectivity index (χ4n) is 2.31. The van der Waals surface area contributed by atoms with E-state index in [-0.39, 0.29) is 0 Å². The van der Waals surface area contributed by atoms with Crippen molar-refractivity contribution in [3.63, 3.8) is 0 Å². The summed E-state index contributed by atoms with van der Waals surface area (Å²) in [6.07, 6.45) is 0. The molecule has 0 bridgehead atoms. The van der Waals surface area contributed by atoms with Crippen molar-refractivity contribution in [3.05, 3.63) is 35.0 Å². The Morgan fingerprint density at radius 1 is 0.789 bits per heavy atom. The Kier molecular flexibility index (Phi) is 2.83. The van der Waals surface area contributed by atoms with E-state index in [1.165, 1.54) is 30.9 Å². The third kappa shape index (κ3) is 1.89. The molecule has 0 aliphatic carbocycles. The zero-order chi connectivity index (χ0) is 12.7. The molecule has 0 amide bonds. The molecule has 5 heteroatoms. The predicted molar refractivity (Wildman–Crippen MR) is 87.9 cm³/mol. The SMILES string of the molecule is c1csc(-c2sc(-c3cccs3)c3c2NCCN3)c1. The molecule has 2 N–H and O–H groups in total. The second kappa shape index (κ2) is 4.67. The molecular weight excluding hydrogens is 292 g/mol. The summed E-state index contributed by atoms with van der Waals surface area (Å²) in [5, 5.41) is 11.4. The Hall–Kier alpha value is -1.30. The molecule has 96 valence electrons. The molecule has 0 atom stereocenters. The average Bonchev–Trinajstić information content (AvgIpc) is 3.18. The molecule has 0 saturated carbocycles. The minimum atomic E-state index is 0.992. The molecule has 19 heavy (non-hydrogen) atoms. The van der Waals surface area contributed by atoms with Crippen molar-refractivity contribution in [2.45, 2.75) is 0 Å². The molecule has 0 spiro atoms. The Labute approximate surface area is 123 Å². The van der Waals surface area contributed by atoms with Crippen LogP contribution < -0.4 is 10.6 Å². The first kappa shape index (κ1) is 11.5. The van der Waals surface area contributed by atoms with Gasteiger partial charge in [0.25, 0.3) is 0 Å². The molecule has 2 nitrogen and oxygen atoms in total. The van der Waals surface area contributed by atoms with E-state index in [0.717, 1.165) is 13.1 Å². The number of anilines is 2. The Balaban J connectivity index is 1.93. The highest BCUT2D eigenvalue weighted by Gasteiger charge is 2.23. The maximum atomic E-state index is 3.56. The predicted octanol–water partition coefficient (Wildman–Crippen LogP) is 5.04. The van der Waals surface area contributed by atoms with Crippen LogP contribution in [0.3, 0.4) is 0 Å². The molecule has 1 aliphatic rings. The maximum absolute atomic E-state index is 3.56. The second-order valence-corrected chi connectivity index (χ2v) is 7.23. The van der Waals surface area contributed by atoms with Crippen molar-refractivity contribution in [1.82, 2.24) is 0 Å². The Morgan fingerprint density at radius 2 is 1.32 bits per heavy atom. The fourth-order valence-corrected chi connectivity index (χ4v) is 5.28. The molecule has 4 rings (SSSR count). The fraction of sp³-hybridized carbons (Fsp3) is 0.143. The number of hydrogen-bond acceptors (Lipinski definition) is 5. The third-order valence-electron chi connectivity index (χ3n) is 3.13. The largest absolute Gasteiger partial charge is 0.380 e. The van der Waals surface area contributed by atoms with Crippen LogP contribution in [0.4, 0.5) is 11.4 Å². The molecular formula is C14H12N2S3. The van der Waals surface area contributed by atoms with Gasteiger partial charge in [-0.25, -0.2) is 0 Å². The molecule has 0 unspecified atom stereocenters. The van der Waals surface area contributed by atoms with Crippen LogP contribution in [0.15, 0.2) is 35.0 Å². The highest BCUT2D eigenvalue weighted by atomic mass is 32.1. The van der Waals surface area contributed by atoms with Crippen LogP contribution >= 0.6 is 34.0 Å². The Bertz CT molecular complexity index is 622. The summed E-state index contributed by atoms with van der Waals surface area (Å²) in [4.78, 5) is 5.42. The third-order valence-corrected chi connectivity index (χ3v) is 6.42. The number of fused-ring (bicyclic) bond motifs is 1. The average molecular weight is 304 g/mol. The van der Waals surface area contributed by atoms with Gasteiger partial charge in [0, 0.05) is 22.8 Å². The molecule has 0 aromatic carbocycles. The van der Waals surface area contributed by atoms with Crippen LogP contribution in [-0.4, -0.2) is 13.1 Å². The lowest BCUT2D eigenvalue weighted by atomic mass is 10.2. The number of nitrogens with one attached hydrogen (secondary N) is 2. The maximum Gasteiger partial charge on any atom is 0.0781 e. The molecule has 0 radical (unpaired) electrons. The summed E-state index contributed by atoms with van der Waals surface area (Å²) >= 11 is 5.50. The van der Waals surface area contributed by atoms with Gasteiger partial charge in [-0.1, -0.05) is 12.1 Å². The topological polar surface area (TPSA) is 24.1 Å². The second-order valence-electron chi connectivity index (χ2n) is 4.32. The van der Waals surface area contributed by atoms with E-state index in [4.69, 9.17) is 0 Å². The summed E-state index contributed by atoms with van der Waals surface area (Å²) in [7, 11) is 0. The van der Waals surface area contributed by atoms with Crippen LogP contribution in [0.1, 0.15) is 0 Å². The van der Waals surface area contributed by atoms with E-state index >= 15 is 0 Å². The van der Waals surface area contributed by atoms with Crippen LogP contribution in [0.2, 0.25) is 0 Å². The summed E-state index contributed by atoms with van der Waals surface area (Å²) < 4.78 is 0. The van der Waals surface area contributed by atoms with Crippen LogP contribution in [-0.2, 0) is 0 Å². The molecule has 3 aromatic rings. The zero-order valence-electron chi connectivity index (χ0n) is 10.1. The van der Waals surface area contributed by atoms with Crippen LogP contribution in [0, 0.1) is 0 Å². The van der Waals surface area contributed by atoms with Gasteiger partial charge in [-0.2, -0.15) is 0 Å². The van der Waals surface area contributed by atoms with Crippen molar-refractivity contribution >= 4 is 45.4 Å². The summed E-state index contributed by atoms with van der Waals surface area (Å²) in [6.45, 7) is 1.98. The monoisotopic (exact) mass is 304 g/mol. The van der Waals surface area contributed by atoms with E-state index in [9.17, 15) is 0 Å². The van der Waals surface area contributed by atoms with E-state index in [1.54, 1.807) is 22.7 Å². The molecule has 0 saturated heterocycles. The van der Waals surface area contributed by atoms with Gasteiger partial charge in [-0.05, 0) is 22.9 Å². The van der Waals surface area contributed by atoms with E-state index < -0.39 is 0 Å². The van der Waals surface area contributed by atoms with Gasteiger partial charge >= 0.3 is 0 Å². The normalized spacial score (nSPS) is 13.7. The van der Waals surface area contributed by atoms with Crippen molar-refractivity contribution in [3.8, 4) is 19.5 Å². The minimum absolute atomic E-state index is 0.992. The lowest BCUT2D eigenvalue weighted by Crippen LogP contribution is -2.19. The smallest absolute Gasteiger partial charge is 0.0781 e. The van der Waals surface area contributed by atoms with Crippen molar-refractivity contribution in [2.24, 2.45) is 0 Å². The van der Waals surface area contributed by atoms with Crippen LogP contribution in [0.5, 0.6) is 0 Å².